The molecule has 0 unspecified atom stereocenters. The quantitative estimate of drug-likeness (QED) is 0.778. The van der Waals surface area contributed by atoms with E-state index in [4.69, 9.17) is 4.74 Å². The highest BCUT2D eigenvalue weighted by Gasteiger charge is 2.27. The molecule has 7 heteroatoms. The maximum Gasteiger partial charge on any atom is 0.210 e. The Bertz CT molecular complexity index is 488. The van der Waals surface area contributed by atoms with Crippen molar-refractivity contribution >= 4 is 11.8 Å². The molecule has 0 amide bonds. The molecule has 1 aliphatic carbocycles. The van der Waals surface area contributed by atoms with Gasteiger partial charge in [-0.05, 0) is 42.0 Å². The van der Waals surface area contributed by atoms with Crippen molar-refractivity contribution in [3.05, 3.63) is 0 Å². The summed E-state index contributed by atoms with van der Waals surface area (Å²) in [7, 11) is 0. The maximum absolute atomic E-state index is 9.48. The molecule has 2 aliphatic rings. The van der Waals surface area contributed by atoms with Gasteiger partial charge in [-0.1, -0.05) is 31.0 Å². The van der Waals surface area contributed by atoms with Crippen LogP contribution in [-0.4, -0.2) is 38.2 Å². The molecule has 1 aromatic heterocycles. The summed E-state index contributed by atoms with van der Waals surface area (Å²) in [5, 5.41) is 22.1. The molecule has 0 aromatic carbocycles. The second kappa shape index (κ2) is 7.23. The lowest BCUT2D eigenvalue weighted by Gasteiger charge is -2.24. The van der Waals surface area contributed by atoms with E-state index >= 15 is 0 Å². The molecule has 0 radical (unpaired) electrons. The SMILES string of the molecule is N#C[C@@H](Sc1nnnn1C[C@@H]1CCCO1)C1CCCCC1. The summed E-state index contributed by atoms with van der Waals surface area (Å²) in [5.74, 6) is 0.474. The van der Waals surface area contributed by atoms with Crippen molar-refractivity contribution in [3.63, 3.8) is 0 Å². The molecule has 0 spiro atoms. The van der Waals surface area contributed by atoms with Crippen molar-refractivity contribution in [2.24, 2.45) is 5.92 Å². The van der Waals surface area contributed by atoms with Crippen LogP contribution >= 0.6 is 11.8 Å². The Morgan fingerprint density at radius 3 is 2.86 bits per heavy atom. The fourth-order valence-electron chi connectivity index (χ4n) is 3.16. The minimum atomic E-state index is -0.0421. The van der Waals surface area contributed by atoms with Gasteiger partial charge in [0.05, 0.1) is 18.7 Å². The van der Waals surface area contributed by atoms with E-state index in [-0.39, 0.29) is 11.4 Å². The predicted molar refractivity (Wildman–Crippen MR) is 78.6 cm³/mol. The Kier molecular flexibility index (Phi) is 5.09. The zero-order valence-corrected chi connectivity index (χ0v) is 13.0. The van der Waals surface area contributed by atoms with Crippen LogP contribution in [0.2, 0.25) is 0 Å². The van der Waals surface area contributed by atoms with Gasteiger partial charge in [0, 0.05) is 6.61 Å². The average Bonchev–Trinajstić information content (AvgIpc) is 3.18. The molecule has 1 aliphatic heterocycles. The number of thioether (sulfide) groups is 1. The third kappa shape index (κ3) is 3.74. The Morgan fingerprint density at radius 1 is 1.29 bits per heavy atom. The summed E-state index contributed by atoms with van der Waals surface area (Å²) >= 11 is 1.52. The Hall–Kier alpha value is -1.13. The summed E-state index contributed by atoms with van der Waals surface area (Å²) in [6, 6.07) is 2.45. The zero-order valence-electron chi connectivity index (χ0n) is 12.1. The number of hydrogen-bond donors (Lipinski definition) is 0. The zero-order chi connectivity index (χ0) is 14.5. The number of nitriles is 1. The van der Waals surface area contributed by atoms with Crippen LogP contribution < -0.4 is 0 Å². The van der Waals surface area contributed by atoms with E-state index in [2.05, 4.69) is 21.6 Å². The van der Waals surface area contributed by atoms with Gasteiger partial charge in [0.15, 0.2) is 0 Å². The molecule has 1 aromatic rings. The molecule has 6 nitrogen and oxygen atoms in total. The second-order valence-electron chi connectivity index (χ2n) is 5.84. The topological polar surface area (TPSA) is 76.6 Å². The first-order valence-electron chi connectivity index (χ1n) is 7.81. The van der Waals surface area contributed by atoms with Crippen LogP contribution in [0.3, 0.4) is 0 Å². The first kappa shape index (κ1) is 14.8. The number of ether oxygens (including phenoxy) is 1. The van der Waals surface area contributed by atoms with Crippen LogP contribution in [0.1, 0.15) is 44.9 Å². The van der Waals surface area contributed by atoms with Gasteiger partial charge in [0.2, 0.25) is 5.16 Å². The van der Waals surface area contributed by atoms with E-state index < -0.39 is 0 Å². The molecule has 114 valence electrons. The van der Waals surface area contributed by atoms with Crippen LogP contribution in [-0.2, 0) is 11.3 Å². The highest BCUT2D eigenvalue weighted by molar-refractivity contribution is 8.00. The summed E-state index contributed by atoms with van der Waals surface area (Å²) in [4.78, 5) is 0. The van der Waals surface area contributed by atoms with Crippen molar-refractivity contribution in [2.45, 2.75) is 68.0 Å². The summed E-state index contributed by atoms with van der Waals surface area (Å²) in [6.45, 7) is 1.52. The van der Waals surface area contributed by atoms with Gasteiger partial charge in [-0.15, -0.1) is 5.10 Å². The molecular formula is C14H21N5OS. The van der Waals surface area contributed by atoms with Gasteiger partial charge in [-0.25, -0.2) is 4.68 Å². The van der Waals surface area contributed by atoms with Gasteiger partial charge in [0.25, 0.3) is 0 Å². The number of aromatic nitrogens is 4. The molecule has 21 heavy (non-hydrogen) atoms. The molecule has 1 saturated carbocycles. The third-order valence-electron chi connectivity index (χ3n) is 4.34. The molecule has 0 bridgehead atoms. The smallest absolute Gasteiger partial charge is 0.210 e. The van der Waals surface area contributed by atoms with E-state index in [1.165, 1.54) is 31.0 Å². The number of rotatable bonds is 5. The fourth-order valence-corrected chi connectivity index (χ4v) is 4.22. The fraction of sp³-hybridized carbons (Fsp3) is 0.857. The Balaban J connectivity index is 1.63. The monoisotopic (exact) mass is 307 g/mol. The average molecular weight is 307 g/mol. The van der Waals surface area contributed by atoms with Crippen LogP contribution in [0.25, 0.3) is 0 Å². The molecule has 2 atom stereocenters. The standard InChI is InChI=1S/C14H21N5OS/c15-9-13(11-5-2-1-3-6-11)21-14-16-17-18-19(14)10-12-7-4-8-20-12/h11-13H,1-8,10H2/t12-,13+/m0/s1. The third-order valence-corrected chi connectivity index (χ3v) is 5.58. The van der Waals surface area contributed by atoms with Crippen molar-refractivity contribution in [1.29, 1.82) is 5.26 Å². The normalized spacial score (nSPS) is 24.8. The van der Waals surface area contributed by atoms with Gasteiger partial charge in [-0.3, -0.25) is 0 Å². The van der Waals surface area contributed by atoms with E-state index in [9.17, 15) is 5.26 Å². The van der Waals surface area contributed by atoms with E-state index in [0.717, 1.165) is 37.4 Å². The second-order valence-corrected chi connectivity index (χ2v) is 6.95. The predicted octanol–water partition coefficient (Wildman–Crippen LogP) is 2.42. The first-order valence-corrected chi connectivity index (χ1v) is 8.69. The number of nitrogens with zero attached hydrogens (tertiary/aromatic N) is 5. The van der Waals surface area contributed by atoms with Crippen molar-refractivity contribution < 1.29 is 4.74 Å². The van der Waals surface area contributed by atoms with Gasteiger partial charge < -0.3 is 4.74 Å². The van der Waals surface area contributed by atoms with Crippen molar-refractivity contribution in [3.8, 4) is 6.07 Å². The highest BCUT2D eigenvalue weighted by atomic mass is 32.2. The lowest BCUT2D eigenvalue weighted by Crippen LogP contribution is -2.21. The first-order chi connectivity index (χ1) is 10.4. The number of tetrazole rings is 1. The summed E-state index contributed by atoms with van der Waals surface area (Å²) in [5.41, 5.74) is 0. The van der Waals surface area contributed by atoms with Gasteiger partial charge in [-0.2, -0.15) is 5.26 Å². The molecule has 2 fully saturated rings. The van der Waals surface area contributed by atoms with Crippen LogP contribution in [0, 0.1) is 17.2 Å². The Morgan fingerprint density at radius 2 is 2.14 bits per heavy atom. The van der Waals surface area contributed by atoms with Crippen molar-refractivity contribution in [2.75, 3.05) is 6.61 Å². The maximum atomic E-state index is 9.48. The number of hydrogen-bond acceptors (Lipinski definition) is 6. The Labute approximate surface area is 129 Å². The lowest BCUT2D eigenvalue weighted by atomic mass is 9.87. The van der Waals surface area contributed by atoms with E-state index in [1.54, 1.807) is 4.68 Å². The van der Waals surface area contributed by atoms with Crippen LogP contribution in [0.15, 0.2) is 5.16 Å². The molecule has 2 heterocycles. The largest absolute Gasteiger partial charge is 0.376 e. The molecule has 0 N–H and O–H groups in total. The minimum Gasteiger partial charge on any atom is -0.376 e. The highest BCUT2D eigenvalue weighted by Crippen LogP contribution is 2.35. The summed E-state index contributed by atoms with van der Waals surface area (Å²) < 4.78 is 7.44. The van der Waals surface area contributed by atoms with Gasteiger partial charge >= 0.3 is 0 Å². The van der Waals surface area contributed by atoms with Crippen LogP contribution in [0.4, 0.5) is 0 Å². The molecule has 3 rings (SSSR count). The van der Waals surface area contributed by atoms with Crippen LogP contribution in [0.5, 0.6) is 0 Å². The van der Waals surface area contributed by atoms with E-state index in [0.29, 0.717) is 12.5 Å². The molecular weight excluding hydrogens is 286 g/mol. The van der Waals surface area contributed by atoms with Crippen molar-refractivity contribution in [1.82, 2.24) is 20.2 Å². The summed E-state index contributed by atoms with van der Waals surface area (Å²) in [6.07, 6.45) is 8.47. The minimum absolute atomic E-state index is 0.0421. The van der Waals surface area contributed by atoms with Gasteiger partial charge in [0.1, 0.15) is 5.25 Å². The lowest BCUT2D eigenvalue weighted by molar-refractivity contribution is 0.0911. The van der Waals surface area contributed by atoms with E-state index in [1.807, 2.05) is 0 Å². The molecule has 1 saturated heterocycles.